The molecule has 1 fully saturated rings. The number of aromatic nitrogens is 2. The number of carbonyl (C=O) groups is 1. The van der Waals surface area contributed by atoms with E-state index in [1.165, 1.54) is 11.8 Å². The predicted molar refractivity (Wildman–Crippen MR) is 130 cm³/mol. The van der Waals surface area contributed by atoms with Gasteiger partial charge in [-0.15, -0.1) is 0 Å². The molecule has 0 bridgehead atoms. The van der Waals surface area contributed by atoms with E-state index in [4.69, 9.17) is 11.6 Å². The highest BCUT2D eigenvalue weighted by molar-refractivity contribution is 6.31. The molecule has 1 aromatic heterocycles. The Hall–Kier alpha value is -2.31. The monoisotopic (exact) mass is 443 g/mol. The van der Waals surface area contributed by atoms with E-state index < -0.39 is 0 Å². The summed E-state index contributed by atoms with van der Waals surface area (Å²) in [7, 11) is 0. The van der Waals surface area contributed by atoms with Gasteiger partial charge in [0.25, 0.3) is 0 Å². The minimum Gasteiger partial charge on any atom is -0.369 e. The lowest BCUT2D eigenvalue weighted by Crippen LogP contribution is -2.46. The molecule has 31 heavy (non-hydrogen) atoms. The van der Waals surface area contributed by atoms with Crippen molar-refractivity contribution in [3.63, 3.8) is 0 Å². The molecule has 6 nitrogen and oxygen atoms in total. The molecule has 1 N–H and O–H groups in total. The number of nitrogens with one attached hydrogen (secondary N) is 1. The van der Waals surface area contributed by atoms with Crippen LogP contribution < -0.4 is 10.2 Å². The molecule has 3 rings (SSSR count). The van der Waals surface area contributed by atoms with E-state index in [9.17, 15) is 4.79 Å². The summed E-state index contributed by atoms with van der Waals surface area (Å²) in [6.07, 6.45) is 3.26. The van der Waals surface area contributed by atoms with Crippen molar-refractivity contribution in [3.05, 3.63) is 46.2 Å². The molecule has 2 heterocycles. The molecular formula is C24H34ClN5O. The largest absolute Gasteiger partial charge is 0.369 e. The molecule has 0 spiro atoms. The smallest absolute Gasteiger partial charge is 0.248 e. The third-order valence-electron chi connectivity index (χ3n) is 5.70. The molecule has 1 aliphatic rings. The Kier molecular flexibility index (Phi) is 7.79. The highest BCUT2D eigenvalue weighted by Crippen LogP contribution is 2.25. The Bertz CT molecular complexity index is 942. The Labute approximate surface area is 190 Å². The van der Waals surface area contributed by atoms with Gasteiger partial charge in [0.15, 0.2) is 0 Å². The molecule has 7 heteroatoms. The number of amides is 1. The van der Waals surface area contributed by atoms with Gasteiger partial charge in [0.2, 0.25) is 5.91 Å². The Balaban J connectivity index is 1.64. The summed E-state index contributed by atoms with van der Waals surface area (Å²) in [6.45, 7) is 16.5. The van der Waals surface area contributed by atoms with E-state index in [1.807, 2.05) is 19.9 Å². The third kappa shape index (κ3) is 5.89. The van der Waals surface area contributed by atoms with Gasteiger partial charge >= 0.3 is 0 Å². The summed E-state index contributed by atoms with van der Waals surface area (Å²) in [5, 5.41) is 8.04. The average molecular weight is 444 g/mol. The highest BCUT2D eigenvalue weighted by Gasteiger charge is 2.17. The van der Waals surface area contributed by atoms with Crippen molar-refractivity contribution < 1.29 is 4.79 Å². The topological polar surface area (TPSA) is 53.4 Å². The van der Waals surface area contributed by atoms with E-state index in [0.29, 0.717) is 11.1 Å². The number of nitrogens with zero attached hydrogens (tertiary/aromatic N) is 4. The second kappa shape index (κ2) is 10.3. The van der Waals surface area contributed by atoms with Gasteiger partial charge in [-0.25, -0.2) is 0 Å². The van der Waals surface area contributed by atoms with Crippen molar-refractivity contribution in [3.8, 4) is 0 Å². The molecule has 0 atom stereocenters. The lowest BCUT2D eigenvalue weighted by atomic mass is 10.1. The van der Waals surface area contributed by atoms with Gasteiger partial charge in [-0.2, -0.15) is 5.10 Å². The number of hydrogen-bond donors (Lipinski definition) is 1. The van der Waals surface area contributed by atoms with Crippen LogP contribution in [0.5, 0.6) is 0 Å². The first-order chi connectivity index (χ1) is 14.8. The van der Waals surface area contributed by atoms with Crippen molar-refractivity contribution >= 4 is 35.0 Å². The minimum absolute atomic E-state index is 0.181. The zero-order valence-electron chi connectivity index (χ0n) is 19.3. The third-order valence-corrected chi connectivity index (χ3v) is 6.10. The fourth-order valence-electron chi connectivity index (χ4n) is 3.86. The van der Waals surface area contributed by atoms with Crippen LogP contribution in [-0.2, 0) is 11.3 Å². The summed E-state index contributed by atoms with van der Waals surface area (Å²) < 4.78 is 1.79. The first-order valence-corrected chi connectivity index (χ1v) is 11.5. The second-order valence-electron chi connectivity index (χ2n) is 8.61. The van der Waals surface area contributed by atoms with Crippen LogP contribution >= 0.6 is 11.6 Å². The molecule has 1 aromatic carbocycles. The highest BCUT2D eigenvalue weighted by atomic mass is 35.5. The van der Waals surface area contributed by atoms with Gasteiger partial charge in [-0.3, -0.25) is 9.48 Å². The van der Waals surface area contributed by atoms with E-state index in [0.717, 1.165) is 61.8 Å². The quantitative estimate of drug-likeness (QED) is 0.635. The van der Waals surface area contributed by atoms with Gasteiger partial charge in [-0.1, -0.05) is 32.4 Å². The Morgan fingerprint density at radius 2 is 1.94 bits per heavy atom. The maximum Gasteiger partial charge on any atom is 0.248 e. The number of benzene rings is 1. The van der Waals surface area contributed by atoms with Crippen molar-refractivity contribution in [1.29, 1.82) is 0 Å². The Morgan fingerprint density at radius 3 is 2.55 bits per heavy atom. The van der Waals surface area contributed by atoms with Crippen LogP contribution in [-0.4, -0.2) is 53.3 Å². The summed E-state index contributed by atoms with van der Waals surface area (Å²) in [5.74, 6) is 0.262. The van der Waals surface area contributed by atoms with E-state index >= 15 is 0 Å². The molecule has 0 aliphatic carbocycles. The van der Waals surface area contributed by atoms with Gasteiger partial charge in [0, 0.05) is 55.7 Å². The lowest BCUT2D eigenvalue weighted by molar-refractivity contribution is -0.111. The lowest BCUT2D eigenvalue weighted by Gasteiger charge is -2.35. The average Bonchev–Trinajstić information content (AvgIpc) is 3.00. The van der Waals surface area contributed by atoms with Crippen LogP contribution in [0.15, 0.2) is 24.3 Å². The number of halogens is 1. The second-order valence-corrected chi connectivity index (χ2v) is 8.97. The van der Waals surface area contributed by atoms with Crippen LogP contribution in [0, 0.1) is 19.8 Å². The molecule has 168 valence electrons. The van der Waals surface area contributed by atoms with E-state index in [1.54, 1.807) is 10.8 Å². The fraction of sp³-hybridized carbons (Fsp3) is 0.500. The van der Waals surface area contributed by atoms with Gasteiger partial charge < -0.3 is 15.1 Å². The number of likely N-dealkylation sites (N-methyl/N-ethyl adjacent to an activating group) is 1. The zero-order chi connectivity index (χ0) is 22.5. The number of hydrogen-bond acceptors (Lipinski definition) is 4. The number of rotatable bonds is 7. The van der Waals surface area contributed by atoms with Crippen molar-refractivity contribution in [2.75, 3.05) is 42.9 Å². The summed E-state index contributed by atoms with van der Waals surface area (Å²) >= 11 is 6.46. The standard InChI is InChI=1S/C24H34ClN5O/c1-6-28-11-13-29(14-12-28)20-7-9-22(18(4)15-20)26-23(31)10-8-21-19(5)27-30(24(21)25)16-17(2)3/h7-10,15,17H,6,11-14,16H2,1-5H3,(H,26,31)/b10-8+. The first kappa shape index (κ1) is 23.4. The molecule has 1 amide bonds. The Morgan fingerprint density at radius 1 is 1.23 bits per heavy atom. The van der Waals surface area contributed by atoms with E-state index in [-0.39, 0.29) is 5.91 Å². The van der Waals surface area contributed by atoms with Gasteiger partial charge in [-0.05, 0) is 56.1 Å². The molecule has 0 radical (unpaired) electrons. The molecule has 2 aromatic rings. The van der Waals surface area contributed by atoms with Gasteiger partial charge in [0.05, 0.1) is 5.69 Å². The molecule has 1 saturated heterocycles. The van der Waals surface area contributed by atoms with Crippen LogP contribution in [0.3, 0.4) is 0 Å². The maximum absolute atomic E-state index is 12.5. The van der Waals surface area contributed by atoms with Crippen molar-refractivity contribution in [2.45, 2.75) is 41.2 Å². The maximum atomic E-state index is 12.5. The van der Waals surface area contributed by atoms with Crippen molar-refractivity contribution in [2.24, 2.45) is 5.92 Å². The summed E-state index contributed by atoms with van der Waals surface area (Å²) in [4.78, 5) is 17.4. The fourth-order valence-corrected chi connectivity index (χ4v) is 4.17. The number of piperazine rings is 1. The number of carbonyl (C=O) groups excluding carboxylic acids is 1. The van der Waals surface area contributed by atoms with Crippen LogP contribution in [0.1, 0.15) is 37.6 Å². The van der Waals surface area contributed by atoms with Crippen LogP contribution in [0.25, 0.3) is 6.08 Å². The van der Waals surface area contributed by atoms with Crippen molar-refractivity contribution in [1.82, 2.24) is 14.7 Å². The van der Waals surface area contributed by atoms with Crippen LogP contribution in [0.2, 0.25) is 5.15 Å². The normalized spacial score (nSPS) is 15.3. The number of anilines is 2. The molecular weight excluding hydrogens is 410 g/mol. The van der Waals surface area contributed by atoms with E-state index in [2.05, 4.69) is 53.1 Å². The minimum atomic E-state index is -0.181. The molecule has 0 saturated carbocycles. The van der Waals surface area contributed by atoms with Gasteiger partial charge in [0.1, 0.15) is 5.15 Å². The zero-order valence-corrected chi connectivity index (χ0v) is 20.0. The number of aryl methyl sites for hydroxylation is 2. The molecule has 0 unspecified atom stereocenters. The summed E-state index contributed by atoms with van der Waals surface area (Å²) in [6, 6.07) is 6.23. The predicted octanol–water partition coefficient (Wildman–Crippen LogP) is 4.60. The SMILES string of the molecule is CCN1CCN(c2ccc(NC(=O)/C=C/c3c(C)nn(CC(C)C)c3Cl)c(C)c2)CC1. The first-order valence-electron chi connectivity index (χ1n) is 11.1. The van der Waals surface area contributed by atoms with Crippen LogP contribution in [0.4, 0.5) is 11.4 Å². The summed E-state index contributed by atoms with van der Waals surface area (Å²) in [5.41, 5.74) is 4.69. The molecule has 1 aliphatic heterocycles.